The Morgan fingerprint density at radius 3 is 2.65 bits per heavy atom. The highest BCUT2D eigenvalue weighted by Gasteiger charge is 2.23. The van der Waals surface area contributed by atoms with Gasteiger partial charge in [0.05, 0.1) is 0 Å². The van der Waals surface area contributed by atoms with Crippen molar-refractivity contribution in [2.45, 2.75) is 19.3 Å². The Morgan fingerprint density at radius 1 is 1.23 bits per heavy atom. The molecule has 5 heteroatoms. The predicted molar refractivity (Wildman–Crippen MR) is 102 cm³/mol. The minimum Gasteiger partial charge on any atom is -0.347 e. The molecule has 4 nitrogen and oxygen atoms in total. The fraction of sp³-hybridized carbons (Fsp3) is 0.476. The molecule has 0 radical (unpaired) electrons. The van der Waals surface area contributed by atoms with Gasteiger partial charge in [-0.05, 0) is 68.1 Å². The van der Waals surface area contributed by atoms with E-state index in [0.29, 0.717) is 5.92 Å². The first kappa shape index (κ1) is 18.6. The molecule has 1 amide bonds. The van der Waals surface area contributed by atoms with Gasteiger partial charge in [-0.1, -0.05) is 12.1 Å². The van der Waals surface area contributed by atoms with Crippen LogP contribution in [0.4, 0.5) is 4.39 Å². The third-order valence-corrected chi connectivity index (χ3v) is 5.35. The van der Waals surface area contributed by atoms with Crippen LogP contribution in [0.15, 0.2) is 42.6 Å². The molecule has 1 saturated heterocycles. The number of nitrogens with zero attached hydrogens (tertiary/aromatic N) is 3. The lowest BCUT2D eigenvalue weighted by Gasteiger charge is -2.34. The highest BCUT2D eigenvalue weighted by molar-refractivity contribution is 5.92. The maximum absolute atomic E-state index is 13.3. The van der Waals surface area contributed by atoms with Crippen LogP contribution in [-0.4, -0.2) is 53.5 Å². The summed E-state index contributed by atoms with van der Waals surface area (Å²) < 4.78 is 15.1. The van der Waals surface area contributed by atoms with Crippen molar-refractivity contribution in [2.75, 3.05) is 33.2 Å². The quantitative estimate of drug-likeness (QED) is 0.794. The molecule has 0 bridgehead atoms. The standard InChI is InChI=1S/C21H28FN3O/c1-23-11-4-7-20(23)21(26)24(2)16-18-9-13-25(14-10-18)12-8-17-5-3-6-19(22)15-17/h3-7,11,15,18H,8-10,12-14,16H2,1-2H3. The number of amides is 1. The Bertz CT molecular complexity index is 734. The maximum atomic E-state index is 13.3. The Morgan fingerprint density at radius 2 is 2.00 bits per heavy atom. The normalized spacial score (nSPS) is 16.0. The average molecular weight is 357 g/mol. The summed E-state index contributed by atoms with van der Waals surface area (Å²) in [5.74, 6) is 0.479. The largest absolute Gasteiger partial charge is 0.347 e. The van der Waals surface area contributed by atoms with Crippen molar-refractivity contribution < 1.29 is 9.18 Å². The molecule has 2 heterocycles. The molecule has 0 saturated carbocycles. The highest BCUT2D eigenvalue weighted by atomic mass is 19.1. The SMILES string of the molecule is CN(CC1CCN(CCc2cccc(F)c2)CC1)C(=O)c1cccn1C. The lowest BCUT2D eigenvalue weighted by atomic mass is 9.96. The summed E-state index contributed by atoms with van der Waals surface area (Å²) >= 11 is 0. The topological polar surface area (TPSA) is 28.5 Å². The van der Waals surface area contributed by atoms with Gasteiger partial charge in [0.25, 0.3) is 5.91 Å². The van der Waals surface area contributed by atoms with Gasteiger partial charge in [-0.2, -0.15) is 0 Å². The number of aryl methyl sites for hydroxylation is 1. The molecule has 1 fully saturated rings. The molecule has 0 atom stereocenters. The number of halogens is 1. The molecule has 26 heavy (non-hydrogen) atoms. The van der Waals surface area contributed by atoms with Crippen LogP contribution in [0, 0.1) is 11.7 Å². The van der Waals surface area contributed by atoms with Crippen molar-refractivity contribution >= 4 is 5.91 Å². The summed E-state index contributed by atoms with van der Waals surface area (Å²) in [7, 11) is 3.80. The van der Waals surface area contributed by atoms with Crippen molar-refractivity contribution in [3.8, 4) is 0 Å². The second kappa shape index (κ2) is 8.49. The maximum Gasteiger partial charge on any atom is 0.270 e. The number of rotatable bonds is 6. The molecular formula is C21H28FN3O. The minimum atomic E-state index is -0.160. The minimum absolute atomic E-state index is 0.0889. The number of hydrogen-bond acceptors (Lipinski definition) is 2. The highest BCUT2D eigenvalue weighted by Crippen LogP contribution is 2.19. The van der Waals surface area contributed by atoms with E-state index in [-0.39, 0.29) is 11.7 Å². The molecule has 1 aromatic heterocycles. The lowest BCUT2D eigenvalue weighted by molar-refractivity contribution is 0.0731. The zero-order valence-electron chi connectivity index (χ0n) is 15.7. The van der Waals surface area contributed by atoms with E-state index in [9.17, 15) is 9.18 Å². The van der Waals surface area contributed by atoms with Crippen molar-refractivity contribution in [3.05, 3.63) is 59.7 Å². The Hall–Kier alpha value is -2.14. The molecule has 2 aromatic rings. The second-order valence-electron chi connectivity index (χ2n) is 7.35. The van der Waals surface area contributed by atoms with Crippen LogP contribution in [-0.2, 0) is 13.5 Å². The van der Waals surface area contributed by atoms with Gasteiger partial charge in [-0.3, -0.25) is 4.79 Å². The lowest BCUT2D eigenvalue weighted by Crippen LogP contribution is -2.40. The number of aromatic nitrogens is 1. The Balaban J connectivity index is 1.42. The summed E-state index contributed by atoms with van der Waals surface area (Å²) in [5.41, 5.74) is 1.79. The number of benzene rings is 1. The van der Waals surface area contributed by atoms with Crippen LogP contribution < -0.4 is 0 Å². The van der Waals surface area contributed by atoms with Crippen molar-refractivity contribution in [3.63, 3.8) is 0 Å². The van der Waals surface area contributed by atoms with E-state index in [2.05, 4.69) is 4.90 Å². The second-order valence-corrected chi connectivity index (χ2v) is 7.35. The van der Waals surface area contributed by atoms with Crippen LogP contribution in [0.25, 0.3) is 0 Å². The molecule has 0 unspecified atom stereocenters. The van der Waals surface area contributed by atoms with Crippen LogP contribution in [0.1, 0.15) is 28.9 Å². The third-order valence-electron chi connectivity index (χ3n) is 5.35. The van der Waals surface area contributed by atoms with E-state index in [4.69, 9.17) is 0 Å². The molecule has 3 rings (SSSR count). The third kappa shape index (κ3) is 4.73. The van der Waals surface area contributed by atoms with Crippen molar-refractivity contribution in [1.82, 2.24) is 14.4 Å². The summed E-state index contributed by atoms with van der Waals surface area (Å²) in [6.07, 6.45) is 4.99. The van der Waals surface area contributed by atoms with Gasteiger partial charge >= 0.3 is 0 Å². The van der Waals surface area contributed by atoms with Gasteiger partial charge in [0.2, 0.25) is 0 Å². The molecule has 1 aliphatic heterocycles. The van der Waals surface area contributed by atoms with Crippen molar-refractivity contribution in [1.29, 1.82) is 0 Å². The Labute approximate surface area is 155 Å². The number of likely N-dealkylation sites (tertiary alicyclic amines) is 1. The van der Waals surface area contributed by atoms with Crippen LogP contribution in [0.2, 0.25) is 0 Å². The van der Waals surface area contributed by atoms with Crippen LogP contribution in [0.3, 0.4) is 0 Å². The summed E-state index contributed by atoms with van der Waals surface area (Å²) in [6.45, 7) is 3.87. The number of piperidine rings is 1. The van der Waals surface area contributed by atoms with Gasteiger partial charge in [-0.25, -0.2) is 4.39 Å². The van der Waals surface area contributed by atoms with Gasteiger partial charge < -0.3 is 14.4 Å². The van der Waals surface area contributed by atoms with E-state index in [1.54, 1.807) is 12.1 Å². The smallest absolute Gasteiger partial charge is 0.270 e. The Kier molecular flexibility index (Phi) is 6.09. The van der Waals surface area contributed by atoms with Gasteiger partial charge in [0.1, 0.15) is 11.5 Å². The summed E-state index contributed by atoms with van der Waals surface area (Å²) in [4.78, 5) is 16.8. The first-order valence-electron chi connectivity index (χ1n) is 9.36. The predicted octanol–water partition coefficient (Wildman–Crippen LogP) is 3.19. The molecular weight excluding hydrogens is 329 g/mol. The summed E-state index contributed by atoms with van der Waals surface area (Å²) in [5, 5.41) is 0. The van der Waals surface area contributed by atoms with E-state index in [1.165, 1.54) is 6.07 Å². The zero-order chi connectivity index (χ0) is 18.5. The number of carbonyl (C=O) groups excluding carboxylic acids is 1. The first-order chi connectivity index (χ1) is 12.5. The average Bonchev–Trinajstić information content (AvgIpc) is 3.06. The van der Waals surface area contributed by atoms with Gasteiger partial charge in [-0.15, -0.1) is 0 Å². The van der Waals surface area contributed by atoms with E-state index in [0.717, 1.165) is 56.7 Å². The fourth-order valence-electron chi connectivity index (χ4n) is 3.72. The number of carbonyl (C=O) groups is 1. The van der Waals surface area contributed by atoms with Crippen LogP contribution in [0.5, 0.6) is 0 Å². The molecule has 0 spiro atoms. The molecule has 0 aliphatic carbocycles. The first-order valence-corrected chi connectivity index (χ1v) is 9.36. The van der Waals surface area contributed by atoms with E-state index < -0.39 is 0 Å². The molecule has 0 N–H and O–H groups in total. The molecule has 140 valence electrons. The van der Waals surface area contributed by atoms with E-state index >= 15 is 0 Å². The molecule has 1 aromatic carbocycles. The van der Waals surface area contributed by atoms with E-state index in [1.807, 2.05) is 48.0 Å². The monoisotopic (exact) mass is 357 g/mol. The molecule has 1 aliphatic rings. The van der Waals surface area contributed by atoms with Gasteiger partial charge in [0.15, 0.2) is 0 Å². The fourth-order valence-corrected chi connectivity index (χ4v) is 3.72. The van der Waals surface area contributed by atoms with Gasteiger partial charge in [0, 0.05) is 33.4 Å². The van der Waals surface area contributed by atoms with Crippen LogP contribution >= 0.6 is 0 Å². The summed E-state index contributed by atoms with van der Waals surface area (Å²) in [6, 6.07) is 10.6. The van der Waals surface area contributed by atoms with Crippen molar-refractivity contribution in [2.24, 2.45) is 13.0 Å². The zero-order valence-corrected chi connectivity index (χ0v) is 15.7. The number of hydrogen-bond donors (Lipinski definition) is 0.